The van der Waals surface area contributed by atoms with Crippen LogP contribution in [0.2, 0.25) is 0 Å². The molecular weight excluding hydrogens is 226 g/mol. The van der Waals surface area contributed by atoms with Gasteiger partial charge in [0, 0.05) is 6.20 Å². The summed E-state index contributed by atoms with van der Waals surface area (Å²) in [6, 6.07) is 1.66. The molecule has 0 aliphatic carbocycles. The first-order valence-corrected chi connectivity index (χ1v) is 6.16. The van der Waals surface area contributed by atoms with Gasteiger partial charge < -0.3 is 5.73 Å². The van der Waals surface area contributed by atoms with Crippen LogP contribution in [0.15, 0.2) is 40.4 Å². The van der Waals surface area contributed by atoms with Crippen molar-refractivity contribution in [1.82, 2.24) is 9.55 Å². The zero-order chi connectivity index (χ0) is 13.7. The third-order valence-electron chi connectivity index (χ3n) is 3.12. The molecule has 1 atom stereocenters. The monoisotopic (exact) mass is 247 g/mol. The summed E-state index contributed by atoms with van der Waals surface area (Å²) in [7, 11) is 0. The van der Waals surface area contributed by atoms with Gasteiger partial charge in [0.15, 0.2) is 0 Å². The molecule has 0 radical (unpaired) electrons. The number of aromatic nitrogens is 2. The Bertz CT molecular complexity index is 526. The number of allylic oxidation sites excluding steroid dienone is 4. The Kier molecular flexibility index (Phi) is 4.89. The summed E-state index contributed by atoms with van der Waals surface area (Å²) in [5.41, 5.74) is 7.58. The van der Waals surface area contributed by atoms with E-state index in [1.165, 1.54) is 11.1 Å². The molecule has 0 fully saturated rings. The Morgan fingerprint density at radius 1 is 1.50 bits per heavy atom. The third kappa shape index (κ3) is 3.32. The Morgan fingerprint density at radius 2 is 2.17 bits per heavy atom. The van der Waals surface area contributed by atoms with Crippen molar-refractivity contribution < 1.29 is 0 Å². The van der Waals surface area contributed by atoms with Crippen molar-refractivity contribution in [1.29, 1.82) is 0 Å². The fraction of sp³-hybridized carbons (Fsp3) is 0.429. The standard InChI is InChI=1S/C14H21N3O/c1-5-10(3)11(4)9-12(6-2)17-8-7-13(15)16-14(17)18/h5,7-9,12H,6H2,1-4H3,(H2,15,16,18)/b10-5-,11-9-. The molecule has 0 amide bonds. The van der Waals surface area contributed by atoms with Crippen molar-refractivity contribution in [3.05, 3.63) is 46.0 Å². The molecule has 0 saturated carbocycles. The lowest BCUT2D eigenvalue weighted by molar-refractivity contribution is 0.551. The van der Waals surface area contributed by atoms with E-state index in [0.29, 0.717) is 0 Å². The minimum atomic E-state index is -0.302. The van der Waals surface area contributed by atoms with Crippen LogP contribution < -0.4 is 11.4 Å². The van der Waals surface area contributed by atoms with Crippen molar-refractivity contribution in [3.8, 4) is 0 Å². The number of nitrogen functional groups attached to an aromatic ring is 1. The van der Waals surface area contributed by atoms with E-state index in [1.807, 2.05) is 20.8 Å². The zero-order valence-electron chi connectivity index (χ0n) is 11.5. The lowest BCUT2D eigenvalue weighted by Crippen LogP contribution is -2.26. The van der Waals surface area contributed by atoms with Gasteiger partial charge in [0.25, 0.3) is 0 Å². The molecule has 1 aromatic rings. The highest BCUT2D eigenvalue weighted by molar-refractivity contribution is 5.28. The second-order valence-electron chi connectivity index (χ2n) is 4.34. The van der Waals surface area contributed by atoms with E-state index in [0.717, 1.165) is 6.42 Å². The lowest BCUT2D eigenvalue weighted by Gasteiger charge is -2.15. The molecule has 2 N–H and O–H groups in total. The van der Waals surface area contributed by atoms with Crippen LogP contribution in [0.4, 0.5) is 5.82 Å². The minimum absolute atomic E-state index is 0.0144. The van der Waals surface area contributed by atoms with Gasteiger partial charge >= 0.3 is 5.69 Å². The van der Waals surface area contributed by atoms with Crippen molar-refractivity contribution in [2.45, 2.75) is 40.2 Å². The quantitative estimate of drug-likeness (QED) is 0.832. The van der Waals surface area contributed by atoms with Gasteiger partial charge in [0.2, 0.25) is 0 Å². The molecule has 1 heterocycles. The average molecular weight is 247 g/mol. The highest BCUT2D eigenvalue weighted by Gasteiger charge is 2.09. The minimum Gasteiger partial charge on any atom is -0.383 e. The number of rotatable bonds is 4. The van der Waals surface area contributed by atoms with Gasteiger partial charge in [-0.05, 0) is 33.3 Å². The van der Waals surface area contributed by atoms with Crippen LogP contribution >= 0.6 is 0 Å². The molecule has 0 aliphatic heterocycles. The van der Waals surface area contributed by atoms with Crippen molar-refractivity contribution in [2.24, 2.45) is 0 Å². The molecule has 0 spiro atoms. The van der Waals surface area contributed by atoms with E-state index >= 15 is 0 Å². The summed E-state index contributed by atoms with van der Waals surface area (Å²) in [6.07, 6.45) is 6.69. The summed E-state index contributed by atoms with van der Waals surface area (Å²) in [6.45, 7) is 8.16. The van der Waals surface area contributed by atoms with E-state index in [-0.39, 0.29) is 17.5 Å². The van der Waals surface area contributed by atoms with E-state index in [1.54, 1.807) is 16.8 Å². The van der Waals surface area contributed by atoms with Crippen LogP contribution in [0.3, 0.4) is 0 Å². The highest BCUT2D eigenvalue weighted by atomic mass is 16.1. The second-order valence-corrected chi connectivity index (χ2v) is 4.34. The van der Waals surface area contributed by atoms with E-state index in [2.05, 4.69) is 24.1 Å². The third-order valence-corrected chi connectivity index (χ3v) is 3.12. The highest BCUT2D eigenvalue weighted by Crippen LogP contribution is 2.17. The first-order chi connectivity index (χ1) is 8.49. The normalized spacial score (nSPS) is 14.7. The first kappa shape index (κ1) is 14.2. The number of hydrogen-bond acceptors (Lipinski definition) is 3. The van der Waals surface area contributed by atoms with Gasteiger partial charge in [-0.3, -0.25) is 4.57 Å². The van der Waals surface area contributed by atoms with Gasteiger partial charge in [-0.15, -0.1) is 0 Å². The van der Waals surface area contributed by atoms with Gasteiger partial charge in [0.05, 0.1) is 6.04 Å². The van der Waals surface area contributed by atoms with Gasteiger partial charge in [-0.25, -0.2) is 4.79 Å². The zero-order valence-corrected chi connectivity index (χ0v) is 11.5. The molecular formula is C14H21N3O. The number of hydrogen-bond donors (Lipinski definition) is 1. The number of anilines is 1. The molecule has 1 rings (SSSR count). The largest absolute Gasteiger partial charge is 0.383 e. The SMILES string of the molecule is C/C=C(C)\C(C)=C/C(CC)n1ccc(N)nc1=O. The predicted octanol–water partition coefficient (Wildman–Crippen LogP) is 2.69. The van der Waals surface area contributed by atoms with Gasteiger partial charge in [0.1, 0.15) is 5.82 Å². The maximum absolute atomic E-state index is 11.8. The summed E-state index contributed by atoms with van der Waals surface area (Å²) in [5.74, 6) is 0.261. The topological polar surface area (TPSA) is 60.9 Å². The Hall–Kier alpha value is -1.84. The predicted molar refractivity (Wildman–Crippen MR) is 75.4 cm³/mol. The van der Waals surface area contributed by atoms with E-state index < -0.39 is 0 Å². The number of nitrogens with zero attached hydrogens (tertiary/aromatic N) is 2. The summed E-state index contributed by atoms with van der Waals surface area (Å²) in [5, 5.41) is 0. The van der Waals surface area contributed by atoms with Crippen LogP contribution in [0.25, 0.3) is 0 Å². The van der Waals surface area contributed by atoms with Gasteiger partial charge in [-0.1, -0.05) is 30.2 Å². The Morgan fingerprint density at radius 3 is 2.67 bits per heavy atom. The molecule has 1 aromatic heterocycles. The summed E-state index contributed by atoms with van der Waals surface area (Å²) in [4.78, 5) is 15.5. The Balaban J connectivity index is 3.15. The fourth-order valence-electron chi connectivity index (χ4n) is 1.72. The van der Waals surface area contributed by atoms with Crippen molar-refractivity contribution in [3.63, 3.8) is 0 Å². The van der Waals surface area contributed by atoms with E-state index in [4.69, 9.17) is 5.73 Å². The molecule has 98 valence electrons. The molecule has 4 heteroatoms. The van der Waals surface area contributed by atoms with Crippen LogP contribution in [0.1, 0.15) is 40.2 Å². The Labute approximate surface area is 108 Å². The first-order valence-electron chi connectivity index (χ1n) is 6.16. The average Bonchev–Trinajstić information content (AvgIpc) is 2.35. The number of nitrogens with two attached hydrogens (primary N) is 1. The lowest BCUT2D eigenvalue weighted by atomic mass is 10.1. The van der Waals surface area contributed by atoms with E-state index in [9.17, 15) is 4.79 Å². The molecule has 1 unspecified atom stereocenters. The maximum Gasteiger partial charge on any atom is 0.350 e. The second kappa shape index (κ2) is 6.19. The molecule has 0 aromatic carbocycles. The molecule has 4 nitrogen and oxygen atoms in total. The van der Waals surface area contributed by atoms with Crippen molar-refractivity contribution >= 4 is 5.82 Å². The fourth-order valence-corrected chi connectivity index (χ4v) is 1.72. The van der Waals surface area contributed by atoms with Gasteiger partial charge in [-0.2, -0.15) is 4.98 Å². The maximum atomic E-state index is 11.8. The summed E-state index contributed by atoms with van der Waals surface area (Å²) >= 11 is 0. The van der Waals surface area contributed by atoms with Crippen LogP contribution in [-0.4, -0.2) is 9.55 Å². The molecule has 18 heavy (non-hydrogen) atoms. The van der Waals surface area contributed by atoms with Crippen LogP contribution in [-0.2, 0) is 0 Å². The van der Waals surface area contributed by atoms with Crippen LogP contribution in [0, 0.1) is 0 Å². The smallest absolute Gasteiger partial charge is 0.350 e. The molecule has 0 aliphatic rings. The van der Waals surface area contributed by atoms with Crippen molar-refractivity contribution in [2.75, 3.05) is 5.73 Å². The molecule has 0 saturated heterocycles. The van der Waals surface area contributed by atoms with Crippen LogP contribution in [0.5, 0.6) is 0 Å². The summed E-state index contributed by atoms with van der Waals surface area (Å²) < 4.78 is 1.61. The molecule has 0 bridgehead atoms.